The van der Waals surface area contributed by atoms with Gasteiger partial charge in [0.1, 0.15) is 6.04 Å². The average Bonchev–Trinajstić information content (AvgIpc) is 3.38. The van der Waals surface area contributed by atoms with Crippen LogP contribution in [0.2, 0.25) is 0 Å². The Hall–Kier alpha value is -2.24. The molecule has 1 amide bonds. The molecule has 1 N–H and O–H groups in total. The molecule has 0 unspecified atom stereocenters. The van der Waals surface area contributed by atoms with Gasteiger partial charge in [0.15, 0.2) is 0 Å². The monoisotopic (exact) mass is 354 g/mol. The van der Waals surface area contributed by atoms with Crippen molar-refractivity contribution in [2.24, 2.45) is 11.8 Å². The number of hydrogen-bond donors (Lipinski definition) is 1. The molecule has 4 rings (SSSR count). The number of pyridine rings is 1. The van der Waals surface area contributed by atoms with Gasteiger partial charge in [-0.15, -0.1) is 0 Å². The van der Waals surface area contributed by atoms with Crippen LogP contribution in [0.5, 0.6) is 0 Å². The van der Waals surface area contributed by atoms with Crippen molar-refractivity contribution in [3.63, 3.8) is 0 Å². The van der Waals surface area contributed by atoms with E-state index in [0.717, 1.165) is 42.9 Å². The second kappa shape index (κ2) is 7.17. The molecule has 0 spiro atoms. The van der Waals surface area contributed by atoms with Crippen LogP contribution in [0.25, 0.3) is 11.4 Å². The summed E-state index contributed by atoms with van der Waals surface area (Å²) in [6.07, 6.45) is 8.40. The maximum absolute atomic E-state index is 12.5. The number of amides is 1. The summed E-state index contributed by atoms with van der Waals surface area (Å²) in [7, 11) is 0. The van der Waals surface area contributed by atoms with Crippen LogP contribution in [0.1, 0.15) is 75.9 Å². The van der Waals surface area contributed by atoms with Gasteiger partial charge in [-0.05, 0) is 63.5 Å². The fraction of sp³-hybridized carbons (Fsp3) is 0.600. The molecule has 138 valence electrons. The maximum atomic E-state index is 12.5. The van der Waals surface area contributed by atoms with Crippen molar-refractivity contribution in [1.82, 2.24) is 20.4 Å². The van der Waals surface area contributed by atoms with Crippen molar-refractivity contribution in [3.05, 3.63) is 29.9 Å². The largest absolute Gasteiger partial charge is 0.344 e. The smallest absolute Gasteiger partial charge is 0.249 e. The summed E-state index contributed by atoms with van der Waals surface area (Å²) in [6.45, 7) is 4.15. The van der Waals surface area contributed by atoms with Crippen LogP contribution in [-0.4, -0.2) is 21.0 Å². The lowest BCUT2D eigenvalue weighted by Gasteiger charge is -2.26. The Morgan fingerprint density at radius 1 is 1.23 bits per heavy atom. The highest BCUT2D eigenvalue weighted by Gasteiger charge is 2.27. The third kappa shape index (κ3) is 3.79. The lowest BCUT2D eigenvalue weighted by Crippen LogP contribution is -2.34. The Morgan fingerprint density at radius 3 is 2.73 bits per heavy atom. The molecule has 2 saturated carbocycles. The van der Waals surface area contributed by atoms with E-state index in [-0.39, 0.29) is 17.9 Å². The molecule has 6 nitrogen and oxygen atoms in total. The number of carbonyl (C=O) groups is 1. The van der Waals surface area contributed by atoms with E-state index in [0.29, 0.717) is 17.6 Å². The van der Waals surface area contributed by atoms with E-state index in [9.17, 15) is 4.79 Å². The SMILES string of the molecule is C[C@H](NC(=O)[C@H]1CC[C@@H](C)CC1)c1nc(-c2ccnc(C3CC3)c2)no1. The lowest BCUT2D eigenvalue weighted by atomic mass is 9.82. The molecule has 6 heteroatoms. The highest BCUT2D eigenvalue weighted by molar-refractivity contribution is 5.79. The number of aromatic nitrogens is 3. The van der Waals surface area contributed by atoms with Gasteiger partial charge in [-0.3, -0.25) is 9.78 Å². The fourth-order valence-electron chi connectivity index (χ4n) is 3.63. The molecule has 0 bridgehead atoms. The first-order valence-electron chi connectivity index (χ1n) is 9.70. The summed E-state index contributed by atoms with van der Waals surface area (Å²) in [5.74, 6) is 2.52. The summed E-state index contributed by atoms with van der Waals surface area (Å²) < 4.78 is 5.41. The third-order valence-corrected chi connectivity index (χ3v) is 5.59. The van der Waals surface area contributed by atoms with Crippen LogP contribution in [0.15, 0.2) is 22.9 Å². The standard InChI is InChI=1S/C20H26N4O2/c1-12-3-5-15(6-4-12)19(25)22-13(2)20-23-18(24-26-20)16-9-10-21-17(11-16)14-7-8-14/h9-15H,3-8H2,1-2H3,(H,22,25)/t12-,13-,15+/m0/s1. The average molecular weight is 354 g/mol. The van der Waals surface area contributed by atoms with Crippen molar-refractivity contribution in [2.45, 2.75) is 64.3 Å². The Balaban J connectivity index is 1.40. The Labute approximate surface area is 153 Å². The Kier molecular flexibility index (Phi) is 4.74. The summed E-state index contributed by atoms with van der Waals surface area (Å²) in [6, 6.07) is 3.65. The van der Waals surface area contributed by atoms with E-state index >= 15 is 0 Å². The summed E-state index contributed by atoms with van der Waals surface area (Å²) in [4.78, 5) is 21.4. The minimum Gasteiger partial charge on any atom is -0.344 e. The van der Waals surface area contributed by atoms with Crippen LogP contribution in [-0.2, 0) is 4.79 Å². The molecule has 0 aliphatic heterocycles. The zero-order valence-corrected chi connectivity index (χ0v) is 15.4. The van der Waals surface area contributed by atoms with E-state index in [1.54, 1.807) is 6.20 Å². The second-order valence-electron chi connectivity index (χ2n) is 7.89. The van der Waals surface area contributed by atoms with Crippen molar-refractivity contribution >= 4 is 5.91 Å². The van der Waals surface area contributed by atoms with E-state index in [1.165, 1.54) is 12.8 Å². The van der Waals surface area contributed by atoms with E-state index in [4.69, 9.17) is 4.52 Å². The lowest BCUT2D eigenvalue weighted by molar-refractivity contribution is -0.127. The molecule has 1 atom stereocenters. The van der Waals surface area contributed by atoms with Crippen molar-refractivity contribution < 1.29 is 9.32 Å². The number of rotatable bonds is 5. The molecule has 0 saturated heterocycles. The first-order chi connectivity index (χ1) is 12.6. The zero-order chi connectivity index (χ0) is 18.1. The van der Waals surface area contributed by atoms with Crippen LogP contribution >= 0.6 is 0 Å². The molecular weight excluding hydrogens is 328 g/mol. The van der Waals surface area contributed by atoms with Crippen LogP contribution < -0.4 is 5.32 Å². The molecule has 2 aromatic heterocycles. The van der Waals surface area contributed by atoms with Gasteiger partial charge < -0.3 is 9.84 Å². The molecule has 2 fully saturated rings. The molecule has 26 heavy (non-hydrogen) atoms. The van der Waals surface area contributed by atoms with Crippen LogP contribution in [0.4, 0.5) is 0 Å². The van der Waals surface area contributed by atoms with Gasteiger partial charge in [-0.1, -0.05) is 12.1 Å². The van der Waals surface area contributed by atoms with E-state index < -0.39 is 0 Å². The topological polar surface area (TPSA) is 80.9 Å². The van der Waals surface area contributed by atoms with Gasteiger partial charge in [0.05, 0.1) is 0 Å². The van der Waals surface area contributed by atoms with E-state index in [1.807, 2.05) is 19.1 Å². The molecular formula is C20H26N4O2. The summed E-state index contributed by atoms with van der Waals surface area (Å²) >= 11 is 0. The number of hydrogen-bond acceptors (Lipinski definition) is 5. The maximum Gasteiger partial charge on any atom is 0.249 e. The molecule has 2 aromatic rings. The summed E-state index contributed by atoms with van der Waals surface area (Å²) in [5.41, 5.74) is 2.01. The highest BCUT2D eigenvalue weighted by atomic mass is 16.5. The van der Waals surface area contributed by atoms with Gasteiger partial charge in [0, 0.05) is 29.3 Å². The number of carbonyl (C=O) groups excluding carboxylic acids is 1. The molecule has 2 aliphatic rings. The molecule has 2 heterocycles. The first-order valence-corrected chi connectivity index (χ1v) is 9.70. The minimum absolute atomic E-state index is 0.101. The number of nitrogens with zero attached hydrogens (tertiary/aromatic N) is 3. The second-order valence-corrected chi connectivity index (χ2v) is 7.89. The summed E-state index contributed by atoms with van der Waals surface area (Å²) in [5, 5.41) is 7.13. The first kappa shape index (κ1) is 17.2. The molecule has 0 radical (unpaired) electrons. The van der Waals surface area contributed by atoms with Gasteiger partial charge in [0.25, 0.3) is 0 Å². The quantitative estimate of drug-likeness (QED) is 0.877. The van der Waals surface area contributed by atoms with E-state index in [2.05, 4.69) is 27.4 Å². The normalized spacial score (nSPS) is 24.2. The van der Waals surface area contributed by atoms with Gasteiger partial charge in [0.2, 0.25) is 17.6 Å². The predicted octanol–water partition coefficient (Wildman–Crippen LogP) is 4.01. The zero-order valence-electron chi connectivity index (χ0n) is 15.4. The number of nitrogens with one attached hydrogen (secondary N) is 1. The highest BCUT2D eigenvalue weighted by Crippen LogP contribution is 2.39. The predicted molar refractivity (Wildman–Crippen MR) is 97.2 cm³/mol. The molecule has 0 aromatic carbocycles. The van der Waals surface area contributed by atoms with Crippen molar-refractivity contribution in [1.29, 1.82) is 0 Å². The molecule has 2 aliphatic carbocycles. The third-order valence-electron chi connectivity index (χ3n) is 5.59. The van der Waals surface area contributed by atoms with Gasteiger partial charge in [-0.2, -0.15) is 4.98 Å². The van der Waals surface area contributed by atoms with Gasteiger partial charge >= 0.3 is 0 Å². The Morgan fingerprint density at radius 2 is 2.00 bits per heavy atom. The fourth-order valence-corrected chi connectivity index (χ4v) is 3.63. The van der Waals surface area contributed by atoms with Crippen molar-refractivity contribution in [3.8, 4) is 11.4 Å². The Bertz CT molecular complexity index is 776. The van der Waals surface area contributed by atoms with Crippen LogP contribution in [0, 0.1) is 11.8 Å². The van der Waals surface area contributed by atoms with Gasteiger partial charge in [-0.25, -0.2) is 0 Å². The minimum atomic E-state index is -0.284. The van der Waals surface area contributed by atoms with Crippen LogP contribution in [0.3, 0.4) is 0 Å². The van der Waals surface area contributed by atoms with Crippen molar-refractivity contribution in [2.75, 3.05) is 0 Å².